The summed E-state index contributed by atoms with van der Waals surface area (Å²) in [6.07, 6.45) is -1.00. The zero-order chi connectivity index (χ0) is 22.1. The van der Waals surface area contributed by atoms with Crippen molar-refractivity contribution in [3.05, 3.63) is 71.0 Å². The molecule has 0 fully saturated rings. The van der Waals surface area contributed by atoms with Gasteiger partial charge in [0.15, 0.2) is 6.04 Å². The summed E-state index contributed by atoms with van der Waals surface area (Å²) < 4.78 is 19.4. The summed E-state index contributed by atoms with van der Waals surface area (Å²) in [6, 6.07) is 9.49. The van der Waals surface area contributed by atoms with Crippen molar-refractivity contribution in [3.8, 4) is 0 Å². The quantitative estimate of drug-likeness (QED) is 0.772. The first kappa shape index (κ1) is 21.0. The van der Waals surface area contributed by atoms with Crippen LogP contribution in [0, 0.1) is 5.82 Å². The minimum absolute atomic E-state index is 0.0674. The molecular weight excluding hydrogens is 395 g/mol. The zero-order valence-electron chi connectivity index (χ0n) is 16.5. The molecule has 9 heteroatoms. The summed E-state index contributed by atoms with van der Waals surface area (Å²) >= 11 is 0. The zero-order valence-corrected chi connectivity index (χ0v) is 16.5. The Balaban J connectivity index is 1.86. The average molecular weight is 414 g/mol. The van der Waals surface area contributed by atoms with Gasteiger partial charge in [-0.25, -0.2) is 14.0 Å². The topological polar surface area (TPSA) is 102 Å². The maximum absolute atomic E-state index is 14.3. The first-order valence-electron chi connectivity index (χ1n) is 9.02. The number of hydroxylamine groups is 2. The fourth-order valence-corrected chi connectivity index (χ4v) is 2.79. The van der Waals surface area contributed by atoms with Crippen LogP contribution in [0.5, 0.6) is 0 Å². The van der Waals surface area contributed by atoms with Crippen molar-refractivity contribution in [2.24, 2.45) is 0 Å². The number of rotatable bonds is 4. The number of hydrogen-bond donors (Lipinski definition) is 1. The first-order chi connectivity index (χ1) is 14.1. The van der Waals surface area contributed by atoms with Gasteiger partial charge in [-0.05, 0) is 39.0 Å². The van der Waals surface area contributed by atoms with Crippen molar-refractivity contribution < 1.29 is 33.1 Å². The van der Waals surface area contributed by atoms with E-state index in [0.717, 1.165) is 6.07 Å². The minimum atomic E-state index is -1.66. The van der Waals surface area contributed by atoms with Gasteiger partial charge in [0.25, 0.3) is 11.8 Å². The van der Waals surface area contributed by atoms with Gasteiger partial charge in [-0.3, -0.25) is 9.59 Å². The second kappa shape index (κ2) is 7.94. The SMILES string of the molecule is CC(C)(C)OC(=O)NC(C(=O)ON1C(=O)c2ccccc2C1=O)c1ccccc1F. The van der Waals surface area contributed by atoms with Gasteiger partial charge in [0.2, 0.25) is 0 Å². The third-order valence-corrected chi connectivity index (χ3v) is 4.05. The molecule has 1 aliphatic heterocycles. The Hall–Kier alpha value is -3.75. The summed E-state index contributed by atoms with van der Waals surface area (Å²) in [6.45, 7) is 4.84. The number of alkyl carbamates (subject to hydrolysis) is 1. The number of benzene rings is 2. The summed E-state index contributed by atoms with van der Waals surface area (Å²) in [4.78, 5) is 54.8. The van der Waals surface area contributed by atoms with Gasteiger partial charge >= 0.3 is 12.1 Å². The van der Waals surface area contributed by atoms with Crippen molar-refractivity contribution in [3.63, 3.8) is 0 Å². The van der Waals surface area contributed by atoms with Gasteiger partial charge in [0, 0.05) is 5.56 Å². The molecule has 1 heterocycles. The van der Waals surface area contributed by atoms with Crippen LogP contribution in [0.4, 0.5) is 9.18 Å². The molecule has 2 aromatic carbocycles. The minimum Gasteiger partial charge on any atom is -0.444 e. The molecule has 0 saturated carbocycles. The molecule has 30 heavy (non-hydrogen) atoms. The summed E-state index contributed by atoms with van der Waals surface area (Å²) in [5, 5.41) is 2.52. The lowest BCUT2D eigenvalue weighted by Gasteiger charge is -2.24. The maximum atomic E-state index is 14.3. The van der Waals surface area contributed by atoms with E-state index >= 15 is 0 Å². The van der Waals surface area contributed by atoms with Crippen molar-refractivity contribution in [1.82, 2.24) is 10.4 Å². The largest absolute Gasteiger partial charge is 0.444 e. The van der Waals surface area contributed by atoms with E-state index in [1.165, 1.54) is 30.3 Å². The Bertz CT molecular complexity index is 995. The van der Waals surface area contributed by atoms with E-state index < -0.39 is 41.3 Å². The van der Waals surface area contributed by atoms with Crippen LogP contribution in [0.3, 0.4) is 0 Å². The number of halogens is 1. The van der Waals surface area contributed by atoms with Crippen molar-refractivity contribution in [2.45, 2.75) is 32.4 Å². The van der Waals surface area contributed by atoms with Crippen LogP contribution in [0.1, 0.15) is 53.1 Å². The molecule has 8 nitrogen and oxygen atoms in total. The van der Waals surface area contributed by atoms with Gasteiger partial charge in [0.05, 0.1) is 11.1 Å². The van der Waals surface area contributed by atoms with Crippen LogP contribution in [0.2, 0.25) is 0 Å². The molecule has 3 amide bonds. The number of imide groups is 1. The predicted octanol–water partition coefficient (Wildman–Crippen LogP) is 3.15. The van der Waals surface area contributed by atoms with E-state index in [9.17, 15) is 23.6 Å². The molecular formula is C21H19FN2O6. The van der Waals surface area contributed by atoms with Gasteiger partial charge in [0.1, 0.15) is 11.4 Å². The van der Waals surface area contributed by atoms with Crippen LogP contribution in [-0.2, 0) is 14.4 Å². The van der Waals surface area contributed by atoms with E-state index in [1.54, 1.807) is 32.9 Å². The number of nitrogens with one attached hydrogen (secondary N) is 1. The number of fused-ring (bicyclic) bond motifs is 1. The van der Waals surface area contributed by atoms with E-state index in [1.807, 2.05) is 0 Å². The van der Waals surface area contributed by atoms with E-state index in [2.05, 4.69) is 5.32 Å². The van der Waals surface area contributed by atoms with Crippen LogP contribution < -0.4 is 5.32 Å². The van der Waals surface area contributed by atoms with E-state index in [-0.39, 0.29) is 21.8 Å². The Morgan fingerprint density at radius 1 is 0.967 bits per heavy atom. The number of carbonyl (C=O) groups excluding carboxylic acids is 4. The van der Waals surface area contributed by atoms with Gasteiger partial charge in [-0.15, -0.1) is 0 Å². The highest BCUT2D eigenvalue weighted by Gasteiger charge is 2.41. The molecule has 156 valence electrons. The molecule has 1 N–H and O–H groups in total. The molecule has 0 radical (unpaired) electrons. The molecule has 0 aromatic heterocycles. The highest BCUT2D eigenvalue weighted by molar-refractivity contribution is 6.20. The third-order valence-electron chi connectivity index (χ3n) is 4.05. The molecule has 1 unspecified atom stereocenters. The molecule has 3 rings (SSSR count). The first-order valence-corrected chi connectivity index (χ1v) is 9.02. The number of nitrogens with zero attached hydrogens (tertiary/aromatic N) is 1. The maximum Gasteiger partial charge on any atom is 0.408 e. The second-order valence-electron chi connectivity index (χ2n) is 7.46. The van der Waals surface area contributed by atoms with Crippen LogP contribution in [0.15, 0.2) is 48.5 Å². The third kappa shape index (κ3) is 4.29. The monoisotopic (exact) mass is 414 g/mol. The Labute approximate surface area is 171 Å². The Morgan fingerprint density at radius 3 is 2.03 bits per heavy atom. The van der Waals surface area contributed by atoms with Crippen LogP contribution in [-0.4, -0.2) is 34.5 Å². The Morgan fingerprint density at radius 2 is 1.50 bits per heavy atom. The van der Waals surface area contributed by atoms with Gasteiger partial charge in [-0.1, -0.05) is 35.4 Å². The summed E-state index contributed by atoms with van der Waals surface area (Å²) in [7, 11) is 0. The fraction of sp³-hybridized carbons (Fsp3) is 0.238. The average Bonchev–Trinajstić information content (AvgIpc) is 2.90. The standard InChI is InChI=1S/C21H19FN2O6/c1-21(2,3)29-20(28)23-16(14-10-6-7-11-15(14)22)19(27)30-24-17(25)12-8-4-5-9-13(12)18(24)26/h4-11,16H,1-3H3,(H,23,28). The molecule has 0 bridgehead atoms. The van der Waals surface area contributed by atoms with Crippen molar-refractivity contribution in [2.75, 3.05) is 0 Å². The van der Waals surface area contributed by atoms with Crippen molar-refractivity contribution in [1.29, 1.82) is 0 Å². The number of amides is 3. The molecule has 0 spiro atoms. The van der Waals surface area contributed by atoms with E-state index in [4.69, 9.17) is 9.57 Å². The van der Waals surface area contributed by atoms with Gasteiger partial charge in [-0.2, -0.15) is 0 Å². The molecule has 1 aliphatic rings. The van der Waals surface area contributed by atoms with Gasteiger partial charge < -0.3 is 14.9 Å². The lowest BCUT2D eigenvalue weighted by atomic mass is 10.1. The van der Waals surface area contributed by atoms with Crippen molar-refractivity contribution >= 4 is 23.9 Å². The lowest BCUT2D eigenvalue weighted by Crippen LogP contribution is -2.42. The summed E-state index contributed by atoms with van der Waals surface area (Å²) in [5.74, 6) is -3.71. The highest BCUT2D eigenvalue weighted by Crippen LogP contribution is 2.25. The predicted molar refractivity (Wildman–Crippen MR) is 102 cm³/mol. The number of hydrogen-bond acceptors (Lipinski definition) is 6. The smallest absolute Gasteiger partial charge is 0.408 e. The molecule has 2 aromatic rings. The molecule has 1 atom stereocenters. The van der Waals surface area contributed by atoms with Crippen LogP contribution >= 0.6 is 0 Å². The highest BCUT2D eigenvalue weighted by atomic mass is 19.1. The summed E-state index contributed by atoms with van der Waals surface area (Å²) in [5.41, 5.74) is -0.961. The number of carbonyl (C=O) groups is 4. The van der Waals surface area contributed by atoms with Crippen LogP contribution in [0.25, 0.3) is 0 Å². The normalized spacial score (nSPS) is 14.2. The molecule has 0 saturated heterocycles. The Kier molecular flexibility index (Phi) is 5.55. The fourth-order valence-electron chi connectivity index (χ4n) is 2.79. The lowest BCUT2D eigenvalue weighted by molar-refractivity contribution is -0.171. The second-order valence-corrected chi connectivity index (χ2v) is 7.46. The molecule has 0 aliphatic carbocycles. The number of ether oxygens (including phenoxy) is 1. The van der Waals surface area contributed by atoms with E-state index in [0.29, 0.717) is 0 Å².